The van der Waals surface area contributed by atoms with Gasteiger partial charge in [-0.15, -0.1) is 0 Å². The molecule has 1 aromatic heterocycles. The number of hydrogen-bond acceptors (Lipinski definition) is 3. The molecular formula is C16H17ClN2O3. The fraction of sp³-hybridized carbons (Fsp3) is 0.375. The molecular weight excluding hydrogens is 304 g/mol. The molecule has 22 heavy (non-hydrogen) atoms. The molecule has 2 aromatic rings. The van der Waals surface area contributed by atoms with Crippen LogP contribution >= 0.6 is 11.6 Å². The number of carbonyl (C=O) groups excluding carboxylic acids is 1. The zero-order valence-corrected chi connectivity index (χ0v) is 12.8. The predicted molar refractivity (Wildman–Crippen MR) is 85.2 cm³/mol. The van der Waals surface area contributed by atoms with Crippen molar-refractivity contribution in [1.29, 1.82) is 0 Å². The van der Waals surface area contributed by atoms with Crippen LogP contribution in [0.5, 0.6) is 0 Å². The van der Waals surface area contributed by atoms with Gasteiger partial charge in [-0.1, -0.05) is 11.6 Å². The Hall–Kier alpha value is -1.85. The van der Waals surface area contributed by atoms with Gasteiger partial charge < -0.3 is 14.6 Å². The van der Waals surface area contributed by atoms with Crippen molar-refractivity contribution >= 4 is 28.4 Å². The lowest BCUT2D eigenvalue weighted by Gasteiger charge is -2.13. The van der Waals surface area contributed by atoms with Crippen LogP contribution in [0.25, 0.3) is 10.9 Å². The lowest BCUT2D eigenvalue weighted by atomic mass is 10.2. The summed E-state index contributed by atoms with van der Waals surface area (Å²) in [7, 11) is 0. The van der Waals surface area contributed by atoms with E-state index >= 15 is 0 Å². The number of pyridine rings is 1. The van der Waals surface area contributed by atoms with Crippen LogP contribution in [-0.2, 0) is 16.1 Å². The fourth-order valence-electron chi connectivity index (χ4n) is 2.66. The zero-order valence-electron chi connectivity index (χ0n) is 12.0. The van der Waals surface area contributed by atoms with E-state index in [1.54, 1.807) is 29.0 Å². The van der Waals surface area contributed by atoms with Crippen molar-refractivity contribution in [2.45, 2.75) is 25.5 Å². The largest absolute Gasteiger partial charge is 0.376 e. The highest BCUT2D eigenvalue weighted by atomic mass is 35.5. The average molecular weight is 321 g/mol. The Morgan fingerprint density at radius 2 is 2.27 bits per heavy atom. The van der Waals surface area contributed by atoms with Gasteiger partial charge in [0.1, 0.15) is 6.54 Å². The summed E-state index contributed by atoms with van der Waals surface area (Å²) < 4.78 is 7.20. The van der Waals surface area contributed by atoms with Crippen LogP contribution in [0, 0.1) is 0 Å². The summed E-state index contributed by atoms with van der Waals surface area (Å²) in [6.07, 6.45) is 3.76. The van der Waals surface area contributed by atoms with Crippen molar-refractivity contribution < 1.29 is 9.53 Å². The van der Waals surface area contributed by atoms with Crippen LogP contribution in [0.15, 0.2) is 35.3 Å². The molecule has 0 saturated carbocycles. The molecule has 1 aliphatic heterocycles. The number of benzene rings is 1. The van der Waals surface area contributed by atoms with Gasteiger partial charge >= 0.3 is 0 Å². The molecule has 0 spiro atoms. The molecule has 3 rings (SSSR count). The van der Waals surface area contributed by atoms with Gasteiger partial charge in [-0.3, -0.25) is 9.59 Å². The predicted octanol–water partition coefficient (Wildman–Crippen LogP) is 1.95. The van der Waals surface area contributed by atoms with E-state index in [2.05, 4.69) is 5.32 Å². The minimum atomic E-state index is -0.111. The van der Waals surface area contributed by atoms with Crippen LogP contribution in [0.2, 0.25) is 5.02 Å². The van der Waals surface area contributed by atoms with Crippen LogP contribution in [0.4, 0.5) is 0 Å². The molecule has 1 saturated heterocycles. The van der Waals surface area contributed by atoms with Gasteiger partial charge in [0.15, 0.2) is 5.43 Å². The number of hydrogen-bond donors (Lipinski definition) is 1. The molecule has 1 aliphatic rings. The Bertz CT molecular complexity index is 751. The van der Waals surface area contributed by atoms with Crippen LogP contribution in [-0.4, -0.2) is 29.7 Å². The van der Waals surface area contributed by atoms with Gasteiger partial charge in [0, 0.05) is 35.8 Å². The Balaban J connectivity index is 1.75. The van der Waals surface area contributed by atoms with Gasteiger partial charge in [-0.25, -0.2) is 0 Å². The molecule has 1 atom stereocenters. The summed E-state index contributed by atoms with van der Waals surface area (Å²) in [6, 6.07) is 6.52. The second kappa shape index (κ2) is 6.50. The zero-order chi connectivity index (χ0) is 15.5. The second-order valence-electron chi connectivity index (χ2n) is 5.41. The minimum absolute atomic E-state index is 0.0809. The maximum absolute atomic E-state index is 12.1. The normalized spacial score (nSPS) is 17.8. The summed E-state index contributed by atoms with van der Waals surface area (Å²) >= 11 is 5.99. The first kappa shape index (κ1) is 15.1. The van der Waals surface area contributed by atoms with Crippen molar-refractivity contribution in [3.05, 3.63) is 45.7 Å². The molecule has 2 heterocycles. The standard InChI is InChI=1S/C16H17ClN2O3/c17-11-3-4-13-14(8-11)19(6-5-15(13)20)10-16(21)18-9-12-2-1-7-22-12/h3-6,8,12H,1-2,7,9-10H2,(H,18,21)/t12-/m1/s1. The Morgan fingerprint density at radius 3 is 3.05 bits per heavy atom. The monoisotopic (exact) mass is 320 g/mol. The summed E-state index contributed by atoms with van der Waals surface area (Å²) in [5.74, 6) is -0.111. The number of fused-ring (bicyclic) bond motifs is 1. The first-order valence-corrected chi connectivity index (χ1v) is 7.68. The third-order valence-electron chi connectivity index (χ3n) is 3.81. The number of amides is 1. The first-order chi connectivity index (χ1) is 10.6. The molecule has 116 valence electrons. The molecule has 1 fully saturated rings. The highest BCUT2D eigenvalue weighted by Crippen LogP contribution is 2.16. The topological polar surface area (TPSA) is 60.3 Å². The van der Waals surface area contributed by atoms with Crippen LogP contribution in [0.1, 0.15) is 12.8 Å². The molecule has 0 radical (unpaired) electrons. The Kier molecular flexibility index (Phi) is 4.45. The van der Waals surface area contributed by atoms with E-state index in [1.165, 1.54) is 6.07 Å². The number of rotatable bonds is 4. The summed E-state index contributed by atoms with van der Waals surface area (Å²) in [4.78, 5) is 23.9. The van der Waals surface area contributed by atoms with Crippen molar-refractivity contribution in [3.63, 3.8) is 0 Å². The lowest BCUT2D eigenvalue weighted by molar-refractivity contribution is -0.122. The van der Waals surface area contributed by atoms with E-state index in [0.29, 0.717) is 22.5 Å². The van der Waals surface area contributed by atoms with E-state index in [4.69, 9.17) is 16.3 Å². The number of carbonyl (C=O) groups is 1. The average Bonchev–Trinajstić information content (AvgIpc) is 3.01. The van der Waals surface area contributed by atoms with Crippen molar-refractivity contribution in [1.82, 2.24) is 9.88 Å². The minimum Gasteiger partial charge on any atom is -0.376 e. The third kappa shape index (κ3) is 3.31. The van der Waals surface area contributed by atoms with Crippen molar-refractivity contribution in [2.75, 3.05) is 13.2 Å². The lowest BCUT2D eigenvalue weighted by Crippen LogP contribution is -2.34. The fourth-order valence-corrected chi connectivity index (χ4v) is 2.83. The molecule has 6 heteroatoms. The van der Waals surface area contributed by atoms with Crippen molar-refractivity contribution in [3.8, 4) is 0 Å². The number of aromatic nitrogens is 1. The van der Waals surface area contributed by atoms with Gasteiger partial charge in [-0.2, -0.15) is 0 Å². The quantitative estimate of drug-likeness (QED) is 0.936. The van der Waals surface area contributed by atoms with Gasteiger partial charge in [0.25, 0.3) is 0 Å². The van der Waals surface area contributed by atoms with Crippen LogP contribution < -0.4 is 10.7 Å². The van der Waals surface area contributed by atoms with E-state index in [1.807, 2.05) is 0 Å². The highest BCUT2D eigenvalue weighted by molar-refractivity contribution is 6.31. The van der Waals surface area contributed by atoms with Crippen molar-refractivity contribution in [2.24, 2.45) is 0 Å². The number of nitrogens with one attached hydrogen (secondary N) is 1. The smallest absolute Gasteiger partial charge is 0.240 e. The van der Waals surface area contributed by atoms with Gasteiger partial charge in [0.2, 0.25) is 5.91 Å². The van der Waals surface area contributed by atoms with E-state index in [-0.39, 0.29) is 24.0 Å². The summed E-state index contributed by atoms with van der Waals surface area (Å²) in [6.45, 7) is 1.44. The molecule has 1 N–H and O–H groups in total. The first-order valence-electron chi connectivity index (χ1n) is 7.30. The van der Waals surface area contributed by atoms with Gasteiger partial charge in [-0.05, 0) is 31.0 Å². The van der Waals surface area contributed by atoms with E-state index in [9.17, 15) is 9.59 Å². The van der Waals surface area contributed by atoms with Crippen LogP contribution in [0.3, 0.4) is 0 Å². The maximum Gasteiger partial charge on any atom is 0.240 e. The highest BCUT2D eigenvalue weighted by Gasteiger charge is 2.16. The number of ether oxygens (including phenoxy) is 1. The molecule has 0 unspecified atom stereocenters. The second-order valence-corrected chi connectivity index (χ2v) is 5.84. The van der Waals surface area contributed by atoms with E-state index in [0.717, 1.165) is 19.4 Å². The van der Waals surface area contributed by atoms with E-state index < -0.39 is 0 Å². The molecule has 1 aromatic carbocycles. The molecule has 1 amide bonds. The summed E-state index contributed by atoms with van der Waals surface area (Å²) in [5, 5.41) is 3.96. The number of halogens is 1. The Morgan fingerprint density at radius 1 is 1.41 bits per heavy atom. The molecule has 0 aliphatic carbocycles. The third-order valence-corrected chi connectivity index (χ3v) is 4.04. The SMILES string of the molecule is O=C(Cn1ccc(=O)c2ccc(Cl)cc21)NC[C@H]1CCCO1. The Labute approximate surface area is 132 Å². The maximum atomic E-state index is 12.1. The number of nitrogens with zero attached hydrogens (tertiary/aromatic N) is 1. The molecule has 5 nitrogen and oxygen atoms in total. The molecule has 0 bridgehead atoms. The summed E-state index contributed by atoms with van der Waals surface area (Å²) in [5.41, 5.74) is 0.579. The van der Waals surface area contributed by atoms with Gasteiger partial charge in [0.05, 0.1) is 11.6 Å².